The first-order valence-electron chi connectivity index (χ1n) is 5.05. The molecule has 0 aliphatic rings. The Kier molecular flexibility index (Phi) is 6.14. The van der Waals surface area contributed by atoms with Crippen molar-refractivity contribution in [2.45, 2.75) is 33.2 Å². The van der Waals surface area contributed by atoms with Crippen LogP contribution in [0.5, 0.6) is 0 Å². The second-order valence-electron chi connectivity index (χ2n) is 3.93. The number of hydrogen-bond donors (Lipinski definition) is 2. The minimum atomic E-state index is -0.719. The van der Waals surface area contributed by atoms with Crippen LogP contribution in [0.1, 0.15) is 27.2 Å². The van der Waals surface area contributed by atoms with Crippen molar-refractivity contribution < 1.29 is 19.1 Å². The molecule has 0 aliphatic carbocycles. The van der Waals surface area contributed by atoms with Gasteiger partial charge in [0, 0.05) is 6.92 Å². The average molecular weight is 230 g/mol. The molecule has 0 aromatic rings. The van der Waals surface area contributed by atoms with E-state index in [1.54, 1.807) is 0 Å². The number of hydrogen-bond acceptors (Lipinski definition) is 4. The van der Waals surface area contributed by atoms with E-state index < -0.39 is 30.4 Å². The molecule has 0 rings (SSSR count). The lowest BCUT2D eigenvalue weighted by atomic mass is 10.0. The zero-order valence-corrected chi connectivity index (χ0v) is 9.78. The molecule has 0 aromatic carbocycles. The lowest BCUT2D eigenvalue weighted by molar-refractivity contribution is -0.146. The van der Waals surface area contributed by atoms with Crippen LogP contribution in [0, 0.1) is 5.92 Å². The summed E-state index contributed by atoms with van der Waals surface area (Å²) in [6.45, 7) is 4.63. The van der Waals surface area contributed by atoms with Crippen LogP contribution in [-0.2, 0) is 19.1 Å². The molecule has 6 nitrogen and oxygen atoms in total. The van der Waals surface area contributed by atoms with E-state index in [1.165, 1.54) is 6.92 Å². The van der Waals surface area contributed by atoms with Crippen molar-refractivity contribution in [1.29, 1.82) is 0 Å². The number of esters is 1. The van der Waals surface area contributed by atoms with Gasteiger partial charge in [-0.1, -0.05) is 13.8 Å². The first kappa shape index (κ1) is 14.4. The highest BCUT2D eigenvalue weighted by Crippen LogP contribution is 2.04. The molecule has 0 unspecified atom stereocenters. The summed E-state index contributed by atoms with van der Waals surface area (Å²) < 4.78 is 4.49. The summed E-state index contributed by atoms with van der Waals surface area (Å²) in [7, 11) is 0. The monoisotopic (exact) mass is 230 g/mol. The van der Waals surface area contributed by atoms with Crippen LogP contribution >= 0.6 is 0 Å². The summed E-state index contributed by atoms with van der Waals surface area (Å²) >= 11 is 0. The summed E-state index contributed by atoms with van der Waals surface area (Å²) in [4.78, 5) is 32.7. The highest BCUT2D eigenvalue weighted by Gasteiger charge is 2.19. The second kappa shape index (κ2) is 6.81. The Bertz CT molecular complexity index is 276. The van der Waals surface area contributed by atoms with Gasteiger partial charge in [-0.3, -0.25) is 14.4 Å². The van der Waals surface area contributed by atoms with Crippen molar-refractivity contribution in [2.75, 3.05) is 6.61 Å². The first-order chi connectivity index (χ1) is 7.32. The van der Waals surface area contributed by atoms with E-state index in [0.717, 1.165) is 0 Å². The number of carbonyl (C=O) groups is 3. The molecule has 0 fully saturated rings. The Balaban J connectivity index is 4.13. The van der Waals surface area contributed by atoms with Gasteiger partial charge in [-0.25, -0.2) is 0 Å². The molecule has 3 N–H and O–H groups in total. The van der Waals surface area contributed by atoms with E-state index in [-0.39, 0.29) is 5.92 Å². The van der Waals surface area contributed by atoms with E-state index in [2.05, 4.69) is 10.1 Å². The van der Waals surface area contributed by atoms with Gasteiger partial charge in [0.25, 0.3) is 5.91 Å². The third-order valence-corrected chi connectivity index (χ3v) is 1.79. The first-order valence-corrected chi connectivity index (χ1v) is 5.05. The molecule has 92 valence electrons. The molecule has 0 heterocycles. The maximum absolute atomic E-state index is 11.2. The van der Waals surface area contributed by atoms with E-state index in [0.29, 0.717) is 6.42 Å². The number of primary amides is 1. The van der Waals surface area contributed by atoms with Crippen LogP contribution in [0.15, 0.2) is 0 Å². The highest BCUT2D eigenvalue weighted by atomic mass is 16.5. The van der Waals surface area contributed by atoms with Gasteiger partial charge in [-0.2, -0.15) is 0 Å². The predicted molar refractivity (Wildman–Crippen MR) is 57.2 cm³/mol. The zero-order chi connectivity index (χ0) is 12.7. The molecular weight excluding hydrogens is 212 g/mol. The third-order valence-electron chi connectivity index (χ3n) is 1.79. The van der Waals surface area contributed by atoms with Crippen molar-refractivity contribution in [3.63, 3.8) is 0 Å². The molecule has 16 heavy (non-hydrogen) atoms. The number of amides is 2. The van der Waals surface area contributed by atoms with Gasteiger partial charge in [0.05, 0.1) is 0 Å². The Morgan fingerprint density at radius 2 is 1.88 bits per heavy atom. The van der Waals surface area contributed by atoms with Crippen molar-refractivity contribution in [3.8, 4) is 0 Å². The van der Waals surface area contributed by atoms with Crippen LogP contribution in [0.4, 0.5) is 0 Å². The maximum atomic E-state index is 11.2. The fourth-order valence-electron chi connectivity index (χ4n) is 1.12. The Morgan fingerprint density at radius 1 is 1.31 bits per heavy atom. The van der Waals surface area contributed by atoms with Crippen molar-refractivity contribution in [2.24, 2.45) is 11.7 Å². The number of nitrogens with one attached hydrogen (secondary N) is 1. The van der Waals surface area contributed by atoms with Crippen molar-refractivity contribution in [1.82, 2.24) is 5.32 Å². The van der Waals surface area contributed by atoms with E-state index in [4.69, 9.17) is 5.73 Å². The van der Waals surface area contributed by atoms with E-state index in [9.17, 15) is 14.4 Å². The predicted octanol–water partition coefficient (Wildman–Crippen LogP) is -0.434. The summed E-state index contributed by atoms with van der Waals surface area (Å²) in [6, 6.07) is -0.719. The van der Waals surface area contributed by atoms with Crippen LogP contribution in [0.3, 0.4) is 0 Å². The minimum absolute atomic E-state index is 0.228. The maximum Gasteiger partial charge on any atom is 0.303 e. The molecule has 0 spiro atoms. The SMILES string of the molecule is CC(=O)OCC(=O)N[C@H](CC(C)C)C(N)=O. The Morgan fingerprint density at radius 3 is 2.25 bits per heavy atom. The van der Waals surface area contributed by atoms with Crippen LogP contribution in [-0.4, -0.2) is 30.4 Å². The summed E-state index contributed by atoms with van der Waals surface area (Å²) in [6.07, 6.45) is 0.459. The number of rotatable bonds is 6. The molecule has 1 atom stereocenters. The smallest absolute Gasteiger partial charge is 0.303 e. The molecule has 0 saturated carbocycles. The zero-order valence-electron chi connectivity index (χ0n) is 9.78. The number of nitrogens with two attached hydrogens (primary N) is 1. The number of carbonyl (C=O) groups excluding carboxylic acids is 3. The highest BCUT2D eigenvalue weighted by molar-refractivity contribution is 5.87. The van der Waals surface area contributed by atoms with Gasteiger partial charge in [0.2, 0.25) is 5.91 Å². The van der Waals surface area contributed by atoms with Gasteiger partial charge in [0.15, 0.2) is 6.61 Å². The quantitative estimate of drug-likeness (QED) is 0.604. The molecule has 0 bridgehead atoms. The third kappa shape index (κ3) is 6.80. The Labute approximate surface area is 94.5 Å². The molecule has 0 aromatic heterocycles. The fourth-order valence-corrected chi connectivity index (χ4v) is 1.12. The van der Waals surface area contributed by atoms with Gasteiger partial charge in [0.1, 0.15) is 6.04 Å². The van der Waals surface area contributed by atoms with Crippen LogP contribution in [0.2, 0.25) is 0 Å². The van der Waals surface area contributed by atoms with E-state index >= 15 is 0 Å². The lowest BCUT2D eigenvalue weighted by Crippen LogP contribution is -2.46. The largest absolute Gasteiger partial charge is 0.456 e. The van der Waals surface area contributed by atoms with Gasteiger partial charge in [-0.15, -0.1) is 0 Å². The average Bonchev–Trinajstić information content (AvgIpc) is 2.12. The minimum Gasteiger partial charge on any atom is -0.456 e. The molecule has 0 saturated heterocycles. The lowest BCUT2D eigenvalue weighted by Gasteiger charge is -2.17. The van der Waals surface area contributed by atoms with Crippen LogP contribution in [0.25, 0.3) is 0 Å². The van der Waals surface area contributed by atoms with Crippen molar-refractivity contribution >= 4 is 17.8 Å². The molecule has 0 aliphatic heterocycles. The second-order valence-corrected chi connectivity index (χ2v) is 3.93. The summed E-state index contributed by atoms with van der Waals surface area (Å²) in [5.41, 5.74) is 5.13. The van der Waals surface area contributed by atoms with Gasteiger partial charge in [-0.05, 0) is 12.3 Å². The van der Waals surface area contributed by atoms with Gasteiger partial charge < -0.3 is 15.8 Å². The number of ether oxygens (including phenoxy) is 1. The standard InChI is InChI=1S/C10H18N2O4/c1-6(2)4-8(10(11)15)12-9(14)5-16-7(3)13/h6,8H,4-5H2,1-3H3,(H2,11,15)(H,12,14)/t8-/m1/s1. The molecule has 6 heteroatoms. The Hall–Kier alpha value is -1.59. The molecule has 0 radical (unpaired) electrons. The molecule has 2 amide bonds. The van der Waals surface area contributed by atoms with Crippen LogP contribution < -0.4 is 11.1 Å². The normalized spacial score (nSPS) is 12.0. The van der Waals surface area contributed by atoms with Crippen molar-refractivity contribution in [3.05, 3.63) is 0 Å². The summed E-state index contributed by atoms with van der Waals surface area (Å²) in [5, 5.41) is 2.41. The summed E-state index contributed by atoms with van der Waals surface area (Å²) in [5.74, 6) is -1.44. The van der Waals surface area contributed by atoms with Gasteiger partial charge >= 0.3 is 5.97 Å². The molecular formula is C10H18N2O4. The fraction of sp³-hybridized carbons (Fsp3) is 0.700. The van der Waals surface area contributed by atoms with E-state index in [1.807, 2.05) is 13.8 Å². The topological polar surface area (TPSA) is 98.5 Å².